The summed E-state index contributed by atoms with van der Waals surface area (Å²) in [5, 5.41) is 5.07. The van der Waals surface area contributed by atoms with E-state index in [-0.39, 0.29) is 36.2 Å². The van der Waals surface area contributed by atoms with E-state index in [1.807, 2.05) is 4.72 Å². The van der Waals surface area contributed by atoms with Crippen LogP contribution >= 0.6 is 0 Å². The Balaban J connectivity index is 1.16. The molecule has 4 amide bonds. The van der Waals surface area contributed by atoms with Gasteiger partial charge in [0.15, 0.2) is 5.69 Å². The van der Waals surface area contributed by atoms with E-state index in [2.05, 4.69) is 20.6 Å². The third kappa shape index (κ3) is 8.17. The second-order valence-electron chi connectivity index (χ2n) is 19.1. The number of carbonyl (C=O) groups is 4. The van der Waals surface area contributed by atoms with Gasteiger partial charge in [0.1, 0.15) is 35.6 Å². The number of sulfonamides is 1. The fourth-order valence-electron chi connectivity index (χ4n) is 9.44. The Hall–Kier alpha value is -4.49. The van der Waals surface area contributed by atoms with Crippen molar-refractivity contribution in [1.29, 1.82) is 0 Å². The highest BCUT2D eigenvalue weighted by Crippen LogP contribution is 2.58. The second kappa shape index (κ2) is 15.1. The molecule has 1 aromatic heterocycles. The number of carbonyl (C=O) groups excluding carboxylic acids is 4. The van der Waals surface area contributed by atoms with Crippen molar-refractivity contribution in [1.82, 2.24) is 30.2 Å². The zero-order chi connectivity index (χ0) is 44.0. The normalized spacial score (nSPS) is 33.1. The van der Waals surface area contributed by atoms with Crippen molar-refractivity contribution in [2.45, 2.75) is 139 Å². The topological polar surface area (TPSA) is 195 Å². The fraction of sp³-hybridized carbons (Fsp3) is 0.707. The number of alkyl carbamates (subject to hydrolysis) is 1. The molecule has 5 fully saturated rings. The van der Waals surface area contributed by atoms with Gasteiger partial charge in [-0.15, -0.1) is 0 Å². The van der Waals surface area contributed by atoms with Crippen LogP contribution in [0.25, 0.3) is 11.0 Å². The summed E-state index contributed by atoms with van der Waals surface area (Å²) in [4.78, 5) is 66.2. The molecule has 20 heteroatoms. The summed E-state index contributed by atoms with van der Waals surface area (Å²) >= 11 is 0. The van der Waals surface area contributed by atoms with Crippen LogP contribution in [-0.4, -0.2) is 102 Å². The molecule has 15 nitrogen and oxygen atoms in total. The van der Waals surface area contributed by atoms with E-state index in [9.17, 15) is 36.4 Å². The van der Waals surface area contributed by atoms with Crippen molar-refractivity contribution >= 4 is 44.9 Å². The van der Waals surface area contributed by atoms with Crippen LogP contribution in [0.2, 0.25) is 0 Å². The van der Waals surface area contributed by atoms with Gasteiger partial charge in [-0.05, 0) is 87.2 Å². The smallest absolute Gasteiger partial charge is 0.408 e. The van der Waals surface area contributed by atoms with Crippen LogP contribution in [-0.2, 0) is 35.1 Å². The first-order valence-corrected chi connectivity index (χ1v) is 22.4. The number of hydrogen-bond donors (Lipinski definition) is 3. The van der Waals surface area contributed by atoms with Crippen molar-refractivity contribution in [2.24, 2.45) is 29.1 Å². The Morgan fingerprint density at radius 1 is 1.02 bits per heavy atom. The number of amides is 4. The Morgan fingerprint density at radius 2 is 1.75 bits per heavy atom. The van der Waals surface area contributed by atoms with Gasteiger partial charge in [-0.1, -0.05) is 27.2 Å². The molecule has 1 aromatic carbocycles. The summed E-state index contributed by atoms with van der Waals surface area (Å²) < 4.78 is 106. The summed E-state index contributed by atoms with van der Waals surface area (Å²) in [7, 11) is -2.88. The number of halogens is 4. The third-order valence-electron chi connectivity index (χ3n) is 13.7. The summed E-state index contributed by atoms with van der Waals surface area (Å²) in [6.07, 6.45) is -4.18. The maximum atomic E-state index is 16.4. The average molecular weight is 881 g/mol. The van der Waals surface area contributed by atoms with Crippen LogP contribution in [0, 0.1) is 29.1 Å². The monoisotopic (exact) mass is 880 g/mol. The van der Waals surface area contributed by atoms with Crippen LogP contribution in [0.4, 0.5) is 22.4 Å². The third-order valence-corrected chi connectivity index (χ3v) is 15.8. The predicted octanol–water partition coefficient (Wildman–Crippen LogP) is 4.96. The van der Waals surface area contributed by atoms with Gasteiger partial charge in [0, 0.05) is 18.9 Å². The minimum atomic E-state index is -4.30. The second-order valence-corrected chi connectivity index (χ2v) is 21.3. The quantitative estimate of drug-likeness (QED) is 0.319. The molecule has 4 aliphatic carbocycles. The fourth-order valence-corrected chi connectivity index (χ4v) is 10.7. The highest BCUT2D eigenvalue weighted by molar-refractivity contribution is 7.91. The number of methoxy groups -OCH3 is 1. The van der Waals surface area contributed by atoms with Crippen molar-refractivity contribution in [2.75, 3.05) is 13.7 Å². The van der Waals surface area contributed by atoms with Gasteiger partial charge in [-0.3, -0.25) is 19.1 Å². The molecule has 6 aliphatic rings. The molecule has 2 aromatic rings. The Labute approximate surface area is 350 Å². The molecule has 2 aliphatic heterocycles. The lowest BCUT2D eigenvalue weighted by Crippen LogP contribution is -2.60. The molecule has 0 spiro atoms. The van der Waals surface area contributed by atoms with Crippen LogP contribution in [0.5, 0.6) is 11.6 Å². The van der Waals surface area contributed by atoms with Gasteiger partial charge in [-0.2, -0.15) is 8.78 Å². The van der Waals surface area contributed by atoms with Crippen LogP contribution in [0.15, 0.2) is 18.2 Å². The van der Waals surface area contributed by atoms with Crippen LogP contribution in [0.1, 0.15) is 97.6 Å². The molecule has 1 saturated heterocycles. The Kier molecular flexibility index (Phi) is 10.7. The van der Waals surface area contributed by atoms with Gasteiger partial charge in [0.05, 0.1) is 35.4 Å². The van der Waals surface area contributed by atoms with Gasteiger partial charge in [0.2, 0.25) is 34.1 Å². The first kappa shape index (κ1) is 43.2. The van der Waals surface area contributed by atoms with Crippen molar-refractivity contribution in [3.8, 4) is 11.6 Å². The number of hydrogen-bond acceptors (Lipinski definition) is 11. The number of ether oxygens (including phenoxy) is 3. The molecule has 0 radical (unpaired) electrons. The van der Waals surface area contributed by atoms with Crippen molar-refractivity contribution in [3.63, 3.8) is 0 Å². The molecule has 8 rings (SSSR count). The highest BCUT2D eigenvalue weighted by Gasteiger charge is 2.67. The molecule has 9 atom stereocenters. The van der Waals surface area contributed by atoms with E-state index in [1.54, 1.807) is 26.8 Å². The first-order chi connectivity index (χ1) is 28.6. The number of alkyl halides is 4. The van der Waals surface area contributed by atoms with Gasteiger partial charge >= 0.3 is 6.09 Å². The summed E-state index contributed by atoms with van der Waals surface area (Å²) in [6.45, 7) is 6.02. The molecular weight excluding hydrogens is 829 g/mol. The number of nitrogens with zero attached hydrogens (tertiary/aromatic N) is 3. The lowest BCUT2D eigenvalue weighted by atomic mass is 9.85. The van der Waals surface area contributed by atoms with E-state index in [0.717, 1.165) is 11.3 Å². The largest absolute Gasteiger partial charge is 0.497 e. The minimum Gasteiger partial charge on any atom is -0.497 e. The average Bonchev–Trinajstić information content (AvgIpc) is 4.14. The Bertz CT molecular complexity index is 2240. The van der Waals surface area contributed by atoms with Crippen LogP contribution in [0.3, 0.4) is 0 Å². The van der Waals surface area contributed by atoms with E-state index < -0.39 is 129 Å². The number of aromatic nitrogens is 2. The predicted molar refractivity (Wildman–Crippen MR) is 209 cm³/mol. The highest BCUT2D eigenvalue weighted by atomic mass is 32.2. The van der Waals surface area contributed by atoms with E-state index >= 15 is 8.78 Å². The molecular formula is C41H52F4N6O9S. The van der Waals surface area contributed by atoms with Crippen molar-refractivity contribution in [3.05, 3.63) is 23.9 Å². The summed E-state index contributed by atoms with van der Waals surface area (Å²) in [5.41, 5.74) is -3.80. The van der Waals surface area contributed by atoms with E-state index in [0.29, 0.717) is 36.8 Å². The Morgan fingerprint density at radius 3 is 2.41 bits per heavy atom. The number of rotatable bonds is 7. The van der Waals surface area contributed by atoms with Gasteiger partial charge in [0.25, 0.3) is 11.8 Å². The van der Waals surface area contributed by atoms with E-state index in [1.165, 1.54) is 26.2 Å². The molecule has 2 bridgehead atoms. The summed E-state index contributed by atoms with van der Waals surface area (Å²) in [5.74, 6) is -8.13. The molecule has 61 heavy (non-hydrogen) atoms. The summed E-state index contributed by atoms with van der Waals surface area (Å²) in [6, 6.07) is 1.62. The molecule has 1 unspecified atom stereocenters. The van der Waals surface area contributed by atoms with Crippen molar-refractivity contribution < 1.29 is 59.4 Å². The van der Waals surface area contributed by atoms with Gasteiger partial charge in [-0.25, -0.2) is 32.0 Å². The zero-order valence-electron chi connectivity index (χ0n) is 34.6. The SMILES string of the molecule is COc1ccc2nc3c(nc2c1)O[C@@H]1C[C@@H](C(=O)N[C@]2(C(=O)NS(=O)(=O)C4(C)CC4)C[C@H]2C(F)F)N(C1)C(=O)[C@H](C(C)(C)C)NC(=O)O[C@@H]1CC2C[C@@H]2[C@H]1CCCCC3(F)F. The number of fused-ring (bicyclic) bond motifs is 7. The van der Waals surface area contributed by atoms with Gasteiger partial charge < -0.3 is 29.7 Å². The lowest BCUT2D eigenvalue weighted by Gasteiger charge is -2.36. The number of benzene rings is 1. The molecule has 3 heterocycles. The molecule has 334 valence electrons. The maximum Gasteiger partial charge on any atom is 0.408 e. The zero-order valence-corrected chi connectivity index (χ0v) is 35.5. The first-order valence-electron chi connectivity index (χ1n) is 20.9. The molecule has 3 N–H and O–H groups in total. The standard InChI is InChI=1S/C41H52F4N6O9S/c1-38(2,3)31-35(53)51-19-22(17-28(51)33(52)49-40(18-25(40)32(42)43)36(54)50-61(56,57)39(4)12-13-39)59-34-30(46-26-10-9-21(58-5)16-27(26)47-34)41(44,45)11-7-6-8-23-24-14-20(24)15-29(23)60-37(55)48-31/h9-10,16,20,22-25,28-29,31-32H,6-8,11-15,17-19H2,1-5H3,(H,48,55)(H,49,52)(H,50,54)/t20?,22-,23-,24+,25+,28+,29-,31-,40-/m1/s1. The lowest BCUT2D eigenvalue weighted by molar-refractivity contribution is -0.143. The maximum absolute atomic E-state index is 16.4. The minimum absolute atomic E-state index is 0.0556. The number of nitrogens with one attached hydrogen (secondary N) is 3. The van der Waals surface area contributed by atoms with E-state index in [4.69, 9.17) is 14.2 Å². The van der Waals surface area contributed by atoms with Crippen LogP contribution < -0.4 is 24.8 Å². The molecule has 4 saturated carbocycles.